The summed E-state index contributed by atoms with van der Waals surface area (Å²) in [6.07, 6.45) is 3.05. The second-order valence-corrected chi connectivity index (χ2v) is 18.3. The molecule has 0 radical (unpaired) electrons. The lowest BCUT2D eigenvalue weighted by molar-refractivity contribution is -0.118. The topological polar surface area (TPSA) is 106 Å². The Morgan fingerprint density at radius 2 is 1.36 bits per heavy atom. The summed E-state index contributed by atoms with van der Waals surface area (Å²) in [6.45, 7) is 16.8. The molecule has 0 heterocycles. The Kier molecular flexibility index (Phi) is 11.9. The number of carbonyl (C=O) groups is 3. The lowest BCUT2D eigenvalue weighted by Crippen LogP contribution is -2.41. The summed E-state index contributed by atoms with van der Waals surface area (Å²) in [5.74, 6) is -0.868. The molecule has 3 rings (SSSR count). The molecule has 0 aliphatic carbocycles. The molecule has 45 heavy (non-hydrogen) atoms. The normalized spacial score (nSPS) is 12.8. The molecule has 0 saturated heterocycles. The van der Waals surface area contributed by atoms with Crippen molar-refractivity contribution in [1.29, 1.82) is 0 Å². The summed E-state index contributed by atoms with van der Waals surface area (Å²) in [7, 11) is -1.97. The number of ether oxygens (including phenoxy) is 1. The van der Waals surface area contributed by atoms with Crippen LogP contribution in [-0.4, -0.2) is 38.4 Å². The van der Waals surface area contributed by atoms with E-state index >= 15 is 0 Å². The number of benzene rings is 3. The standard InChI is InChI=1S/C36H47N3O5Si/c1-35(2,3)44-34(42)39-31-17-13-12-16-30(31)38-32(40)23-20-26-18-21-27(22-19-26)29(24-25-43-45(7,8)36(4,5)6)33(41)37-28-14-10-9-11-15-28/h9-23,29H,24-25H2,1-8H3,(H,37,41)(H,38,40)(H,39,42)/b23-20+. The largest absolute Gasteiger partial charge is 0.444 e. The number of hydrogen-bond donors (Lipinski definition) is 3. The van der Waals surface area contributed by atoms with Crippen LogP contribution >= 0.6 is 0 Å². The molecule has 8 nitrogen and oxygen atoms in total. The third-order valence-corrected chi connectivity index (χ3v) is 12.2. The van der Waals surface area contributed by atoms with E-state index in [-0.39, 0.29) is 16.9 Å². The zero-order valence-electron chi connectivity index (χ0n) is 27.7. The molecule has 3 aromatic carbocycles. The molecule has 1 unspecified atom stereocenters. The van der Waals surface area contributed by atoms with Crippen molar-refractivity contribution in [3.05, 3.63) is 96.1 Å². The number of rotatable bonds is 11. The van der Waals surface area contributed by atoms with Crippen molar-refractivity contribution < 1.29 is 23.5 Å². The van der Waals surface area contributed by atoms with Gasteiger partial charge >= 0.3 is 6.09 Å². The van der Waals surface area contributed by atoms with Crippen LogP contribution in [0.1, 0.15) is 65.0 Å². The van der Waals surface area contributed by atoms with Crippen molar-refractivity contribution in [3.63, 3.8) is 0 Å². The highest BCUT2D eigenvalue weighted by atomic mass is 28.4. The SMILES string of the molecule is CC(C)(C)OC(=O)Nc1ccccc1NC(=O)/C=C/c1ccc(C(CCO[Si](C)(C)C(C)(C)C)C(=O)Nc2ccccc2)cc1. The van der Waals surface area contributed by atoms with E-state index in [1.807, 2.05) is 54.6 Å². The molecule has 1 atom stereocenters. The molecule has 0 saturated carbocycles. The van der Waals surface area contributed by atoms with E-state index in [0.29, 0.717) is 24.4 Å². The summed E-state index contributed by atoms with van der Waals surface area (Å²) in [6, 6.07) is 23.9. The minimum absolute atomic E-state index is 0.0752. The van der Waals surface area contributed by atoms with E-state index in [0.717, 1.165) is 16.8 Å². The molecular weight excluding hydrogens is 582 g/mol. The van der Waals surface area contributed by atoms with Gasteiger partial charge < -0.3 is 19.8 Å². The van der Waals surface area contributed by atoms with Gasteiger partial charge in [0.2, 0.25) is 11.8 Å². The first-order chi connectivity index (χ1) is 21.0. The fourth-order valence-corrected chi connectivity index (χ4v) is 5.21. The van der Waals surface area contributed by atoms with Crippen molar-refractivity contribution in [3.8, 4) is 0 Å². The van der Waals surface area contributed by atoms with Gasteiger partial charge in [-0.2, -0.15) is 0 Å². The van der Waals surface area contributed by atoms with Gasteiger partial charge in [0.15, 0.2) is 8.32 Å². The Balaban J connectivity index is 1.70. The van der Waals surface area contributed by atoms with Gasteiger partial charge in [-0.1, -0.05) is 75.4 Å². The number of amides is 3. The lowest BCUT2D eigenvalue weighted by atomic mass is 9.94. The number of nitrogens with one attached hydrogen (secondary N) is 3. The minimum atomic E-state index is -1.97. The molecule has 240 valence electrons. The van der Waals surface area contributed by atoms with Crippen molar-refractivity contribution in [2.45, 2.75) is 77.6 Å². The highest BCUT2D eigenvalue weighted by Crippen LogP contribution is 2.37. The van der Waals surface area contributed by atoms with Crippen molar-refractivity contribution in [1.82, 2.24) is 0 Å². The Bertz CT molecular complexity index is 1470. The fraction of sp³-hybridized carbons (Fsp3) is 0.361. The van der Waals surface area contributed by atoms with Crippen LogP contribution < -0.4 is 16.0 Å². The van der Waals surface area contributed by atoms with Crippen LogP contribution in [0, 0.1) is 0 Å². The second kappa shape index (κ2) is 15.2. The minimum Gasteiger partial charge on any atom is -0.444 e. The first kappa shape index (κ1) is 35.3. The number of carbonyl (C=O) groups excluding carboxylic acids is 3. The molecule has 9 heteroatoms. The summed E-state index contributed by atoms with van der Waals surface area (Å²) in [5.41, 5.74) is 2.63. The van der Waals surface area contributed by atoms with E-state index in [4.69, 9.17) is 9.16 Å². The fourth-order valence-electron chi connectivity index (χ4n) is 4.15. The Morgan fingerprint density at radius 3 is 1.93 bits per heavy atom. The van der Waals surface area contributed by atoms with E-state index < -0.39 is 25.9 Å². The predicted molar refractivity (Wildman–Crippen MR) is 186 cm³/mol. The highest BCUT2D eigenvalue weighted by molar-refractivity contribution is 6.74. The van der Waals surface area contributed by atoms with Crippen LogP contribution in [0.3, 0.4) is 0 Å². The van der Waals surface area contributed by atoms with E-state index in [9.17, 15) is 14.4 Å². The average molecular weight is 630 g/mol. The molecule has 0 bridgehead atoms. The van der Waals surface area contributed by atoms with E-state index in [1.165, 1.54) is 6.08 Å². The maximum absolute atomic E-state index is 13.4. The molecule has 0 fully saturated rings. The van der Waals surface area contributed by atoms with Gasteiger partial charge in [-0.15, -0.1) is 0 Å². The summed E-state index contributed by atoms with van der Waals surface area (Å²) in [4.78, 5) is 38.4. The summed E-state index contributed by atoms with van der Waals surface area (Å²) in [5, 5.41) is 8.60. The van der Waals surface area contributed by atoms with Crippen LogP contribution in [0.2, 0.25) is 18.1 Å². The van der Waals surface area contributed by atoms with Crippen molar-refractivity contribution in [2.75, 3.05) is 22.6 Å². The van der Waals surface area contributed by atoms with Gasteiger partial charge in [0, 0.05) is 18.4 Å². The Hall–Kier alpha value is -4.21. The van der Waals surface area contributed by atoms with Crippen LogP contribution in [-0.2, 0) is 18.8 Å². The van der Waals surface area contributed by atoms with Gasteiger partial charge in [0.25, 0.3) is 0 Å². The molecular formula is C36H47N3O5Si. The average Bonchev–Trinajstić information content (AvgIpc) is 2.94. The lowest BCUT2D eigenvalue weighted by Gasteiger charge is -2.36. The van der Waals surface area contributed by atoms with Gasteiger partial charge in [-0.05, 0) is 86.8 Å². The molecule has 3 N–H and O–H groups in total. The van der Waals surface area contributed by atoms with Gasteiger partial charge in [-0.25, -0.2) is 4.79 Å². The number of anilines is 3. The molecule has 0 spiro atoms. The van der Waals surface area contributed by atoms with Crippen LogP contribution in [0.15, 0.2) is 84.9 Å². The van der Waals surface area contributed by atoms with E-state index in [1.54, 1.807) is 51.1 Å². The summed E-state index contributed by atoms with van der Waals surface area (Å²) < 4.78 is 11.7. The van der Waals surface area contributed by atoms with Gasteiger partial charge in [0.05, 0.1) is 17.3 Å². The first-order valence-corrected chi connectivity index (χ1v) is 18.1. The second-order valence-electron chi connectivity index (χ2n) is 13.5. The maximum Gasteiger partial charge on any atom is 0.412 e. The predicted octanol–water partition coefficient (Wildman–Crippen LogP) is 8.82. The maximum atomic E-state index is 13.4. The zero-order chi connectivity index (χ0) is 33.3. The zero-order valence-corrected chi connectivity index (χ0v) is 28.7. The van der Waals surface area contributed by atoms with Crippen LogP contribution in [0.25, 0.3) is 6.08 Å². The van der Waals surface area contributed by atoms with Crippen LogP contribution in [0.4, 0.5) is 21.9 Å². The molecule has 3 amide bonds. The summed E-state index contributed by atoms with van der Waals surface area (Å²) >= 11 is 0. The molecule has 0 aliphatic heterocycles. The molecule has 0 aliphatic rings. The van der Waals surface area contributed by atoms with Crippen molar-refractivity contribution >= 4 is 49.4 Å². The Morgan fingerprint density at radius 1 is 0.778 bits per heavy atom. The third-order valence-electron chi connectivity index (χ3n) is 7.62. The van der Waals surface area contributed by atoms with Crippen molar-refractivity contribution in [2.24, 2.45) is 0 Å². The number of hydrogen-bond acceptors (Lipinski definition) is 5. The smallest absolute Gasteiger partial charge is 0.412 e. The monoisotopic (exact) mass is 629 g/mol. The number of para-hydroxylation sites is 3. The van der Waals surface area contributed by atoms with Gasteiger partial charge in [-0.3, -0.25) is 14.9 Å². The Labute approximate surface area is 268 Å². The van der Waals surface area contributed by atoms with Gasteiger partial charge in [0.1, 0.15) is 5.60 Å². The molecule has 3 aromatic rings. The third kappa shape index (κ3) is 11.3. The quantitative estimate of drug-likeness (QED) is 0.145. The van der Waals surface area contributed by atoms with E-state index in [2.05, 4.69) is 49.8 Å². The molecule has 0 aromatic heterocycles. The first-order valence-electron chi connectivity index (χ1n) is 15.2. The highest BCUT2D eigenvalue weighted by Gasteiger charge is 2.37. The van der Waals surface area contributed by atoms with Crippen LogP contribution in [0.5, 0.6) is 0 Å².